The van der Waals surface area contributed by atoms with Gasteiger partial charge in [-0.2, -0.15) is 5.10 Å². The van der Waals surface area contributed by atoms with Crippen LogP contribution in [0.25, 0.3) is 10.8 Å². The first-order valence-corrected chi connectivity index (χ1v) is 21.6. The number of nitrogens with one attached hydrogen (secondary N) is 1. The second kappa shape index (κ2) is 16.6. The standard InChI is InChI=1S/C47H57FN4O6/c1-46-19-17-32(53)28-31(46)12-13-35-37-14-15-39(47(37,2)20-18-38(35)46)42(54)29-58-25-7-3-4-10-43(55)51-21-23-52(24-22-51)45(57)36-26-30(11-16-40(36)48)27-41-33-8-5-6-9-34(33)44(56)50-49-41/h5-6,8-9,11,16,26,28,35,37-39H,3-4,7,10,12-15,17-25,27,29H2,1-2H3,(H,50,56)/t35-,37?,38?,39+,46-,47-/m0/s1. The van der Waals surface area contributed by atoms with Crippen molar-refractivity contribution in [1.29, 1.82) is 0 Å². The van der Waals surface area contributed by atoms with Gasteiger partial charge in [-0.1, -0.05) is 50.1 Å². The average Bonchev–Trinajstić information content (AvgIpc) is 3.59. The zero-order chi connectivity index (χ0) is 40.6. The van der Waals surface area contributed by atoms with Gasteiger partial charge >= 0.3 is 0 Å². The Labute approximate surface area is 340 Å². The number of halogens is 1. The molecule has 1 saturated heterocycles. The van der Waals surface area contributed by atoms with Crippen LogP contribution in [-0.2, 0) is 25.5 Å². The van der Waals surface area contributed by atoms with Crippen LogP contribution in [0.4, 0.5) is 4.39 Å². The number of ether oxygens (including phenoxy) is 1. The van der Waals surface area contributed by atoms with Crippen molar-refractivity contribution >= 4 is 34.2 Å². The molecule has 0 bridgehead atoms. The second-order valence-corrected chi connectivity index (χ2v) is 18.2. The Hall–Kier alpha value is -4.51. The number of rotatable bonds is 12. The lowest BCUT2D eigenvalue weighted by Crippen LogP contribution is -2.51. The third-order valence-electron chi connectivity index (χ3n) is 15.1. The van der Waals surface area contributed by atoms with Crippen molar-refractivity contribution in [3.8, 4) is 0 Å². The molecule has 2 heterocycles. The maximum Gasteiger partial charge on any atom is 0.272 e. The summed E-state index contributed by atoms with van der Waals surface area (Å²) in [5.41, 5.74) is 2.59. The largest absolute Gasteiger partial charge is 0.374 e. The Bertz CT molecular complexity index is 2170. The van der Waals surface area contributed by atoms with E-state index >= 15 is 0 Å². The number of allylic oxidation sites excluding steroid dienone is 1. The molecule has 4 fully saturated rings. The van der Waals surface area contributed by atoms with Crippen LogP contribution in [0.2, 0.25) is 0 Å². The molecule has 1 aliphatic heterocycles. The van der Waals surface area contributed by atoms with Crippen molar-refractivity contribution in [1.82, 2.24) is 20.0 Å². The lowest BCUT2D eigenvalue weighted by molar-refractivity contribution is -0.135. The third kappa shape index (κ3) is 7.71. The van der Waals surface area contributed by atoms with E-state index in [1.807, 2.05) is 18.2 Å². The molecular formula is C47H57FN4O6. The van der Waals surface area contributed by atoms with Crippen molar-refractivity contribution < 1.29 is 28.3 Å². The van der Waals surface area contributed by atoms with Crippen molar-refractivity contribution in [2.45, 2.75) is 97.3 Å². The van der Waals surface area contributed by atoms with E-state index in [1.165, 1.54) is 11.6 Å². The molecule has 1 N–H and O–H groups in total. The number of fused-ring (bicyclic) bond motifs is 6. The van der Waals surface area contributed by atoms with Crippen LogP contribution < -0.4 is 5.56 Å². The summed E-state index contributed by atoms with van der Waals surface area (Å²) in [7, 11) is 0. The number of H-pyrrole nitrogens is 1. The first-order valence-electron chi connectivity index (χ1n) is 21.6. The molecule has 5 aliphatic rings. The molecule has 2 aromatic carbocycles. The van der Waals surface area contributed by atoms with E-state index in [1.54, 1.807) is 34.1 Å². The summed E-state index contributed by atoms with van der Waals surface area (Å²) < 4.78 is 20.9. The van der Waals surface area contributed by atoms with Crippen LogP contribution >= 0.6 is 0 Å². The van der Waals surface area contributed by atoms with E-state index in [0.717, 1.165) is 64.2 Å². The predicted octanol–water partition coefficient (Wildman–Crippen LogP) is 7.23. The van der Waals surface area contributed by atoms with Crippen LogP contribution in [0, 0.1) is 40.3 Å². The lowest BCUT2D eigenvalue weighted by Gasteiger charge is -2.58. The number of amides is 2. The van der Waals surface area contributed by atoms with Gasteiger partial charge in [-0.3, -0.25) is 24.0 Å². The molecular weight excluding hydrogens is 736 g/mol. The highest BCUT2D eigenvalue weighted by Crippen LogP contribution is 2.66. The topological polar surface area (TPSA) is 130 Å². The Morgan fingerprint density at radius 3 is 2.47 bits per heavy atom. The Balaban J connectivity index is 0.739. The fraction of sp³-hybridized carbons (Fsp3) is 0.574. The number of unbranched alkanes of at least 4 members (excludes halogenated alkanes) is 2. The smallest absolute Gasteiger partial charge is 0.272 e. The first-order chi connectivity index (χ1) is 28.0. The Morgan fingerprint density at radius 2 is 1.66 bits per heavy atom. The number of piperazine rings is 1. The fourth-order valence-corrected chi connectivity index (χ4v) is 11.9. The molecule has 4 aliphatic carbocycles. The van der Waals surface area contributed by atoms with Crippen LogP contribution in [0.3, 0.4) is 0 Å². The van der Waals surface area contributed by atoms with Gasteiger partial charge in [0.1, 0.15) is 12.4 Å². The summed E-state index contributed by atoms with van der Waals surface area (Å²) in [6.45, 7) is 6.87. The minimum atomic E-state index is -0.603. The molecule has 0 spiro atoms. The average molecular weight is 793 g/mol. The van der Waals surface area contributed by atoms with Gasteiger partial charge in [0.25, 0.3) is 11.5 Å². The number of hydrogen-bond donors (Lipinski definition) is 1. The van der Waals surface area contributed by atoms with Crippen molar-refractivity contribution in [3.05, 3.63) is 87.1 Å². The van der Waals surface area contributed by atoms with Crippen LogP contribution in [0.15, 0.2) is 58.9 Å². The van der Waals surface area contributed by atoms with Gasteiger partial charge in [0.2, 0.25) is 5.91 Å². The summed E-state index contributed by atoms with van der Waals surface area (Å²) in [5, 5.41) is 7.97. The lowest BCUT2D eigenvalue weighted by atomic mass is 9.46. The monoisotopic (exact) mass is 792 g/mol. The zero-order valence-electron chi connectivity index (χ0n) is 34.0. The molecule has 10 nitrogen and oxygen atoms in total. The summed E-state index contributed by atoms with van der Waals surface area (Å²) in [6, 6.07) is 11.6. The van der Waals surface area contributed by atoms with Crippen LogP contribution in [0.1, 0.15) is 113 Å². The predicted molar refractivity (Wildman–Crippen MR) is 219 cm³/mol. The fourth-order valence-electron chi connectivity index (χ4n) is 11.9. The molecule has 1 aromatic heterocycles. The maximum absolute atomic E-state index is 15.0. The minimum Gasteiger partial charge on any atom is -0.374 e. The highest BCUT2D eigenvalue weighted by atomic mass is 19.1. The minimum absolute atomic E-state index is 0.0200. The van der Waals surface area contributed by atoms with E-state index in [-0.39, 0.29) is 46.2 Å². The van der Waals surface area contributed by atoms with Crippen molar-refractivity contribution in [2.75, 3.05) is 39.4 Å². The number of benzene rings is 2. The molecule has 8 rings (SSSR count). The second-order valence-electron chi connectivity index (χ2n) is 18.2. The quantitative estimate of drug-likeness (QED) is 0.192. The molecule has 2 amide bonds. The number of hydrogen-bond acceptors (Lipinski definition) is 7. The van der Waals surface area contributed by atoms with Gasteiger partial charge in [0.15, 0.2) is 11.6 Å². The molecule has 11 heteroatoms. The summed E-state index contributed by atoms with van der Waals surface area (Å²) in [5.74, 6) is 1.45. The Kier molecular flexibility index (Phi) is 11.5. The number of aromatic amines is 1. The highest BCUT2D eigenvalue weighted by Gasteiger charge is 2.60. The number of carbonyl (C=O) groups excluding carboxylic acids is 4. The number of carbonyl (C=O) groups is 4. The Morgan fingerprint density at radius 1 is 0.879 bits per heavy atom. The number of ketones is 2. The van der Waals surface area contributed by atoms with Crippen LogP contribution in [0.5, 0.6) is 0 Å². The highest BCUT2D eigenvalue weighted by molar-refractivity contribution is 5.95. The van der Waals surface area contributed by atoms with Gasteiger partial charge < -0.3 is 14.5 Å². The van der Waals surface area contributed by atoms with Gasteiger partial charge in [0, 0.05) is 63.4 Å². The molecule has 2 unspecified atom stereocenters. The summed E-state index contributed by atoms with van der Waals surface area (Å²) in [4.78, 5) is 67.8. The molecule has 3 aromatic rings. The molecule has 3 saturated carbocycles. The molecule has 58 heavy (non-hydrogen) atoms. The zero-order valence-corrected chi connectivity index (χ0v) is 34.0. The van der Waals surface area contributed by atoms with Crippen LogP contribution in [-0.4, -0.2) is 82.8 Å². The molecule has 0 radical (unpaired) electrons. The van der Waals surface area contributed by atoms with E-state index in [2.05, 4.69) is 24.0 Å². The van der Waals surface area contributed by atoms with Gasteiger partial charge in [-0.25, -0.2) is 9.49 Å². The summed E-state index contributed by atoms with van der Waals surface area (Å²) in [6.07, 6.45) is 13.1. The van der Waals surface area contributed by atoms with E-state index in [9.17, 15) is 28.4 Å². The maximum atomic E-state index is 15.0. The van der Waals surface area contributed by atoms with Gasteiger partial charge in [-0.15, -0.1) is 0 Å². The van der Waals surface area contributed by atoms with Gasteiger partial charge in [0.05, 0.1) is 16.6 Å². The van der Waals surface area contributed by atoms with Gasteiger partial charge in [-0.05, 0) is 116 Å². The summed E-state index contributed by atoms with van der Waals surface area (Å²) >= 11 is 0. The normalized spacial score (nSPS) is 28.1. The van der Waals surface area contributed by atoms with E-state index < -0.39 is 11.7 Å². The molecule has 6 atom stereocenters. The van der Waals surface area contributed by atoms with Crippen molar-refractivity contribution in [3.63, 3.8) is 0 Å². The number of aromatic nitrogens is 2. The van der Waals surface area contributed by atoms with E-state index in [0.29, 0.717) is 97.6 Å². The first kappa shape index (κ1) is 40.3. The number of Topliss-reactive ketones (excluding diaryl/α,β-unsaturated/α-hetero) is 1. The SMILES string of the molecule is C[C@]12CCC(=O)C=C1CC[C@@H]1C2CC[C@@]2(C)C1CC[C@@H]2C(=O)COCCCCCC(=O)N1CCN(C(=O)c2cc(Cc3n[nH]c(=O)c4ccccc34)ccc2F)CC1. The van der Waals surface area contributed by atoms with E-state index in [4.69, 9.17) is 4.74 Å². The third-order valence-corrected chi connectivity index (χ3v) is 15.1. The number of nitrogens with zero attached hydrogens (tertiary/aromatic N) is 3. The molecule has 308 valence electrons. The van der Waals surface area contributed by atoms with Crippen molar-refractivity contribution in [2.24, 2.45) is 34.5 Å².